The maximum atomic E-state index is 12.6. The maximum absolute atomic E-state index is 12.6. The summed E-state index contributed by atoms with van der Waals surface area (Å²) in [7, 11) is 0. The summed E-state index contributed by atoms with van der Waals surface area (Å²) in [6.45, 7) is 1.56. The highest BCUT2D eigenvalue weighted by atomic mass is 32.1. The molecular weight excluding hydrogens is 414 g/mol. The van der Waals surface area contributed by atoms with E-state index in [1.54, 1.807) is 37.5 Å². The summed E-state index contributed by atoms with van der Waals surface area (Å²) in [6, 6.07) is 15.4. The van der Waals surface area contributed by atoms with Gasteiger partial charge in [0.25, 0.3) is 11.6 Å². The molecule has 0 spiro atoms. The Labute approximate surface area is 181 Å². The van der Waals surface area contributed by atoms with Crippen LogP contribution in [0.3, 0.4) is 0 Å². The number of rotatable bonds is 6. The number of hydrogen-bond donors (Lipinski definition) is 2. The third kappa shape index (κ3) is 4.57. The van der Waals surface area contributed by atoms with E-state index >= 15 is 0 Å². The number of nitro benzene ring substituents is 1. The van der Waals surface area contributed by atoms with Crippen molar-refractivity contribution in [2.45, 2.75) is 6.92 Å². The van der Waals surface area contributed by atoms with Crippen LogP contribution in [0.5, 0.6) is 0 Å². The molecule has 0 aliphatic heterocycles. The lowest BCUT2D eigenvalue weighted by Gasteiger charge is -2.09. The van der Waals surface area contributed by atoms with E-state index in [9.17, 15) is 14.9 Å². The van der Waals surface area contributed by atoms with E-state index in [1.807, 2.05) is 29.6 Å². The lowest BCUT2D eigenvalue weighted by atomic mass is 10.1. The summed E-state index contributed by atoms with van der Waals surface area (Å²) < 4.78 is 0. The zero-order valence-corrected chi connectivity index (χ0v) is 17.2. The normalized spacial score (nSPS) is 10.5. The van der Waals surface area contributed by atoms with E-state index < -0.39 is 10.8 Å². The molecule has 2 heterocycles. The number of nitrogens with one attached hydrogen (secondary N) is 2. The Kier molecular flexibility index (Phi) is 5.67. The van der Waals surface area contributed by atoms with Gasteiger partial charge >= 0.3 is 0 Å². The van der Waals surface area contributed by atoms with Crippen molar-refractivity contribution < 1.29 is 9.72 Å². The molecule has 2 aromatic heterocycles. The number of carbonyl (C=O) groups excluding carboxylic acids is 1. The van der Waals surface area contributed by atoms with Crippen LogP contribution < -0.4 is 10.6 Å². The average molecular weight is 431 g/mol. The summed E-state index contributed by atoms with van der Waals surface area (Å²) >= 11 is 1.49. The molecule has 0 aliphatic carbocycles. The highest BCUT2D eigenvalue weighted by Gasteiger charge is 2.18. The van der Waals surface area contributed by atoms with Crippen molar-refractivity contribution in [2.75, 3.05) is 10.6 Å². The molecule has 4 aromatic rings. The van der Waals surface area contributed by atoms with Gasteiger partial charge in [0.1, 0.15) is 0 Å². The van der Waals surface area contributed by atoms with Crippen LogP contribution in [-0.2, 0) is 0 Å². The van der Waals surface area contributed by atoms with Crippen LogP contribution in [0.4, 0.5) is 22.2 Å². The van der Waals surface area contributed by atoms with Crippen LogP contribution in [0.2, 0.25) is 0 Å². The van der Waals surface area contributed by atoms with Crippen molar-refractivity contribution in [3.8, 4) is 11.3 Å². The van der Waals surface area contributed by atoms with Gasteiger partial charge in [-0.15, -0.1) is 11.3 Å². The molecule has 0 atom stereocenters. The molecule has 0 radical (unpaired) electrons. The second-order valence-corrected chi connectivity index (χ2v) is 7.50. The van der Waals surface area contributed by atoms with Crippen LogP contribution in [0.1, 0.15) is 15.9 Å². The zero-order valence-electron chi connectivity index (χ0n) is 16.4. The SMILES string of the molecule is Cc1c(C(=O)Nc2ccc(Nc3nc(-c4ccncc4)cs3)cc2)cccc1[N+](=O)[O-]. The number of aromatic nitrogens is 2. The minimum Gasteiger partial charge on any atom is -0.332 e. The number of benzene rings is 2. The van der Waals surface area contributed by atoms with Gasteiger partial charge in [-0.1, -0.05) is 6.07 Å². The number of nitrogens with zero attached hydrogens (tertiary/aromatic N) is 3. The van der Waals surface area contributed by atoms with E-state index in [0.29, 0.717) is 11.3 Å². The number of hydrogen-bond acceptors (Lipinski definition) is 7. The number of pyridine rings is 1. The van der Waals surface area contributed by atoms with E-state index in [4.69, 9.17) is 0 Å². The van der Waals surface area contributed by atoms with Gasteiger partial charge in [0.05, 0.1) is 10.6 Å². The van der Waals surface area contributed by atoms with E-state index in [2.05, 4.69) is 20.6 Å². The average Bonchev–Trinajstić information content (AvgIpc) is 3.24. The van der Waals surface area contributed by atoms with Crippen LogP contribution in [0, 0.1) is 17.0 Å². The number of amides is 1. The van der Waals surface area contributed by atoms with Crippen molar-refractivity contribution in [2.24, 2.45) is 0 Å². The molecule has 154 valence electrons. The molecule has 0 fully saturated rings. The van der Waals surface area contributed by atoms with Crippen molar-refractivity contribution in [1.29, 1.82) is 0 Å². The minimum atomic E-state index is -0.495. The quantitative estimate of drug-likeness (QED) is 0.312. The van der Waals surface area contributed by atoms with Gasteiger partial charge in [0.2, 0.25) is 0 Å². The molecular formula is C22H17N5O3S. The molecule has 9 heteroatoms. The van der Waals surface area contributed by atoms with Gasteiger partial charge in [0, 0.05) is 51.9 Å². The molecule has 0 saturated carbocycles. The second kappa shape index (κ2) is 8.72. The lowest BCUT2D eigenvalue weighted by Crippen LogP contribution is -2.14. The van der Waals surface area contributed by atoms with E-state index in [-0.39, 0.29) is 11.3 Å². The molecule has 2 aromatic carbocycles. The van der Waals surface area contributed by atoms with Crippen molar-refractivity contribution in [3.63, 3.8) is 0 Å². The molecule has 2 N–H and O–H groups in total. The van der Waals surface area contributed by atoms with Crippen LogP contribution in [0.15, 0.2) is 72.4 Å². The standard InChI is InChI=1S/C22H17N5O3S/c1-14-18(3-2-4-20(14)27(29)30)21(28)24-16-5-7-17(8-6-16)25-22-26-19(13-31-22)15-9-11-23-12-10-15/h2-13H,1H3,(H,24,28)(H,25,26). The van der Waals surface area contributed by atoms with Gasteiger partial charge < -0.3 is 10.6 Å². The third-order valence-electron chi connectivity index (χ3n) is 4.62. The molecule has 0 unspecified atom stereocenters. The summed E-state index contributed by atoms with van der Waals surface area (Å²) in [5, 5.41) is 19.8. The summed E-state index contributed by atoms with van der Waals surface area (Å²) in [5.74, 6) is -0.399. The third-order valence-corrected chi connectivity index (χ3v) is 5.38. The van der Waals surface area contributed by atoms with Crippen LogP contribution in [0.25, 0.3) is 11.3 Å². The number of carbonyl (C=O) groups is 1. The molecule has 0 saturated heterocycles. The second-order valence-electron chi connectivity index (χ2n) is 6.64. The molecule has 8 nitrogen and oxygen atoms in total. The highest BCUT2D eigenvalue weighted by Crippen LogP contribution is 2.27. The fourth-order valence-electron chi connectivity index (χ4n) is 3.01. The van der Waals surface area contributed by atoms with Gasteiger partial charge in [0.15, 0.2) is 5.13 Å². The molecule has 4 rings (SSSR count). The van der Waals surface area contributed by atoms with Gasteiger partial charge in [-0.3, -0.25) is 19.9 Å². The Bertz CT molecular complexity index is 1240. The van der Waals surface area contributed by atoms with Gasteiger partial charge in [-0.05, 0) is 49.4 Å². The number of anilines is 3. The fraction of sp³-hybridized carbons (Fsp3) is 0.0455. The van der Waals surface area contributed by atoms with Gasteiger partial charge in [-0.25, -0.2) is 4.98 Å². The summed E-state index contributed by atoms with van der Waals surface area (Å²) in [5.41, 5.74) is 3.78. The van der Waals surface area contributed by atoms with Crippen molar-refractivity contribution in [3.05, 3.63) is 93.6 Å². The first-order chi connectivity index (χ1) is 15.0. The predicted molar refractivity (Wildman–Crippen MR) is 121 cm³/mol. The Morgan fingerprint density at radius 1 is 1.03 bits per heavy atom. The predicted octanol–water partition coefficient (Wildman–Crippen LogP) is 5.42. The minimum absolute atomic E-state index is 0.0817. The van der Waals surface area contributed by atoms with Crippen LogP contribution >= 0.6 is 11.3 Å². The smallest absolute Gasteiger partial charge is 0.273 e. The summed E-state index contributed by atoms with van der Waals surface area (Å²) in [6.07, 6.45) is 3.45. The highest BCUT2D eigenvalue weighted by molar-refractivity contribution is 7.14. The maximum Gasteiger partial charge on any atom is 0.273 e. The Hall–Kier alpha value is -4.11. The largest absolute Gasteiger partial charge is 0.332 e. The zero-order chi connectivity index (χ0) is 21.8. The van der Waals surface area contributed by atoms with Gasteiger partial charge in [-0.2, -0.15) is 0 Å². The first kappa shape index (κ1) is 20.2. The van der Waals surface area contributed by atoms with Crippen molar-refractivity contribution >= 4 is 39.4 Å². The molecule has 31 heavy (non-hydrogen) atoms. The number of nitro groups is 1. The Morgan fingerprint density at radius 2 is 1.74 bits per heavy atom. The molecule has 0 aliphatic rings. The summed E-state index contributed by atoms with van der Waals surface area (Å²) in [4.78, 5) is 31.7. The first-order valence-corrected chi connectivity index (χ1v) is 10.2. The molecule has 0 bridgehead atoms. The Morgan fingerprint density at radius 3 is 2.45 bits per heavy atom. The lowest BCUT2D eigenvalue weighted by molar-refractivity contribution is -0.385. The Balaban J connectivity index is 1.43. The topological polar surface area (TPSA) is 110 Å². The van der Waals surface area contributed by atoms with E-state index in [0.717, 1.165) is 22.1 Å². The fourth-order valence-corrected chi connectivity index (χ4v) is 3.75. The molecule has 1 amide bonds. The first-order valence-electron chi connectivity index (χ1n) is 9.29. The van der Waals surface area contributed by atoms with Crippen LogP contribution in [-0.4, -0.2) is 20.8 Å². The van der Waals surface area contributed by atoms with Crippen molar-refractivity contribution in [1.82, 2.24) is 9.97 Å². The monoisotopic (exact) mass is 431 g/mol. The number of thiazole rings is 1. The van der Waals surface area contributed by atoms with E-state index in [1.165, 1.54) is 23.5 Å².